The molecule has 132 valence electrons. The van der Waals surface area contributed by atoms with Crippen LogP contribution in [-0.2, 0) is 10.0 Å². The van der Waals surface area contributed by atoms with Crippen molar-refractivity contribution in [2.45, 2.75) is 4.34 Å². The lowest BCUT2D eigenvalue weighted by molar-refractivity contribution is 0.482. The van der Waals surface area contributed by atoms with Crippen molar-refractivity contribution >= 4 is 42.3 Å². The molecular formula is C16H11BrN4O3S2. The molecule has 2 aromatic carbocycles. The number of benzene rings is 2. The molecule has 0 bridgehead atoms. The molecule has 2 N–H and O–H groups in total. The van der Waals surface area contributed by atoms with Gasteiger partial charge in [-0.25, -0.2) is 23.1 Å². The first-order chi connectivity index (χ1) is 12.4. The molecule has 0 fully saturated rings. The van der Waals surface area contributed by atoms with Crippen LogP contribution < -0.4 is 9.88 Å². The van der Waals surface area contributed by atoms with Crippen LogP contribution in [0.2, 0.25) is 0 Å². The molecule has 2 heterocycles. The van der Waals surface area contributed by atoms with Crippen LogP contribution in [0.1, 0.15) is 0 Å². The van der Waals surface area contributed by atoms with E-state index in [1.807, 2.05) is 48.5 Å². The van der Waals surface area contributed by atoms with Crippen LogP contribution in [0.25, 0.3) is 16.2 Å². The van der Waals surface area contributed by atoms with Gasteiger partial charge in [-0.1, -0.05) is 27.3 Å². The van der Waals surface area contributed by atoms with Gasteiger partial charge < -0.3 is 4.74 Å². The fourth-order valence-electron chi connectivity index (χ4n) is 2.27. The molecule has 7 nitrogen and oxygen atoms in total. The van der Waals surface area contributed by atoms with Crippen LogP contribution in [0.3, 0.4) is 0 Å². The smallest absolute Gasteiger partial charge is 0.267 e. The number of sulfonamides is 1. The van der Waals surface area contributed by atoms with E-state index in [1.165, 1.54) is 4.52 Å². The van der Waals surface area contributed by atoms with Gasteiger partial charge in [-0.15, -0.1) is 5.10 Å². The van der Waals surface area contributed by atoms with E-state index in [4.69, 9.17) is 9.88 Å². The highest BCUT2D eigenvalue weighted by molar-refractivity contribution is 9.10. The maximum atomic E-state index is 11.3. The van der Waals surface area contributed by atoms with Gasteiger partial charge in [0.1, 0.15) is 11.5 Å². The zero-order valence-corrected chi connectivity index (χ0v) is 16.3. The van der Waals surface area contributed by atoms with Crippen molar-refractivity contribution in [1.82, 2.24) is 14.6 Å². The average Bonchev–Trinajstić information content (AvgIpc) is 3.16. The molecule has 0 atom stereocenters. The summed E-state index contributed by atoms with van der Waals surface area (Å²) in [5, 5.41) is 9.02. The Kier molecular flexibility index (Phi) is 4.27. The second-order valence-corrected chi connectivity index (χ2v) is 8.95. The van der Waals surface area contributed by atoms with Crippen molar-refractivity contribution in [2.75, 3.05) is 0 Å². The van der Waals surface area contributed by atoms with E-state index in [1.54, 1.807) is 6.20 Å². The fraction of sp³-hybridized carbons (Fsp3) is 0. The second-order valence-electron chi connectivity index (χ2n) is 5.35. The molecule has 0 aliphatic carbocycles. The van der Waals surface area contributed by atoms with E-state index in [2.05, 4.69) is 26.0 Å². The van der Waals surface area contributed by atoms with Crippen molar-refractivity contribution in [3.8, 4) is 22.8 Å². The molecule has 0 saturated carbocycles. The van der Waals surface area contributed by atoms with Crippen LogP contribution >= 0.6 is 27.3 Å². The number of hydrogen-bond acceptors (Lipinski definition) is 6. The molecule has 0 amide bonds. The largest absolute Gasteiger partial charge is 0.457 e. The first kappa shape index (κ1) is 17.2. The molecule has 26 heavy (non-hydrogen) atoms. The van der Waals surface area contributed by atoms with Crippen molar-refractivity contribution in [3.63, 3.8) is 0 Å². The van der Waals surface area contributed by atoms with E-state index < -0.39 is 10.0 Å². The molecule has 0 aliphatic rings. The predicted molar refractivity (Wildman–Crippen MR) is 102 cm³/mol. The van der Waals surface area contributed by atoms with Gasteiger partial charge in [-0.3, -0.25) is 0 Å². The van der Waals surface area contributed by atoms with Crippen molar-refractivity contribution in [2.24, 2.45) is 5.14 Å². The number of halogens is 1. The molecule has 0 unspecified atom stereocenters. The normalized spacial score (nSPS) is 11.8. The summed E-state index contributed by atoms with van der Waals surface area (Å²) in [6, 6.07) is 15.0. The van der Waals surface area contributed by atoms with Gasteiger partial charge >= 0.3 is 0 Å². The molecule has 0 saturated heterocycles. The van der Waals surface area contributed by atoms with Gasteiger partial charge in [0.25, 0.3) is 10.0 Å². The second kappa shape index (κ2) is 6.47. The average molecular weight is 451 g/mol. The summed E-state index contributed by atoms with van der Waals surface area (Å²) >= 11 is 4.31. The van der Waals surface area contributed by atoms with Crippen LogP contribution in [0, 0.1) is 0 Å². The monoisotopic (exact) mass is 450 g/mol. The third-order valence-corrected chi connectivity index (χ3v) is 6.23. The fourth-order valence-corrected chi connectivity index (χ4v) is 4.04. The highest BCUT2D eigenvalue weighted by atomic mass is 79.9. The van der Waals surface area contributed by atoms with E-state index in [0.717, 1.165) is 27.1 Å². The third kappa shape index (κ3) is 3.49. The number of nitrogens with two attached hydrogens (primary N) is 1. The lowest BCUT2D eigenvalue weighted by Crippen LogP contribution is -2.12. The van der Waals surface area contributed by atoms with Crippen molar-refractivity contribution in [3.05, 3.63) is 59.2 Å². The highest BCUT2D eigenvalue weighted by Crippen LogP contribution is 2.27. The summed E-state index contributed by atoms with van der Waals surface area (Å²) in [6.07, 6.45) is 1.66. The third-order valence-electron chi connectivity index (χ3n) is 3.47. The molecule has 2 aromatic heterocycles. The summed E-state index contributed by atoms with van der Waals surface area (Å²) in [5.74, 6) is 1.44. The van der Waals surface area contributed by atoms with Crippen LogP contribution in [0.5, 0.6) is 11.5 Å². The Bertz CT molecular complexity index is 1150. The Morgan fingerprint density at radius 2 is 1.65 bits per heavy atom. The van der Waals surface area contributed by atoms with Crippen LogP contribution in [-0.4, -0.2) is 23.0 Å². The Hall–Kier alpha value is -2.27. The highest BCUT2D eigenvalue weighted by Gasteiger charge is 2.17. The van der Waals surface area contributed by atoms with Crippen molar-refractivity contribution < 1.29 is 13.2 Å². The lowest BCUT2D eigenvalue weighted by Gasteiger charge is -2.06. The summed E-state index contributed by atoms with van der Waals surface area (Å²) in [5.41, 5.74) is 1.54. The predicted octanol–water partition coefficient (Wildman–Crippen LogP) is 3.66. The first-order valence-electron chi connectivity index (χ1n) is 7.31. The van der Waals surface area contributed by atoms with Gasteiger partial charge in [0.15, 0.2) is 0 Å². The summed E-state index contributed by atoms with van der Waals surface area (Å²) < 4.78 is 30.7. The standard InChI is InChI=1S/C16H11BrN4O3S2/c17-11-3-7-13(8-4-11)24-12-5-1-10(2-6-12)14-9-21-15(19-14)25-16(20-21)26(18,22)23/h1-9H,(H2,18,22,23). The van der Waals surface area contributed by atoms with Crippen LogP contribution in [0.4, 0.5) is 0 Å². The Morgan fingerprint density at radius 1 is 1.04 bits per heavy atom. The molecular weight excluding hydrogens is 440 g/mol. The summed E-state index contributed by atoms with van der Waals surface area (Å²) in [6.45, 7) is 0. The molecule has 10 heteroatoms. The van der Waals surface area contributed by atoms with Crippen LogP contribution in [0.15, 0.2) is 63.5 Å². The van der Waals surface area contributed by atoms with Gasteiger partial charge in [0, 0.05) is 10.0 Å². The lowest BCUT2D eigenvalue weighted by atomic mass is 10.2. The zero-order valence-electron chi connectivity index (χ0n) is 13.0. The van der Waals surface area contributed by atoms with E-state index in [9.17, 15) is 8.42 Å². The molecule has 4 aromatic rings. The zero-order chi connectivity index (χ0) is 18.3. The number of nitrogens with zero attached hydrogens (tertiary/aromatic N) is 3. The number of aromatic nitrogens is 3. The minimum Gasteiger partial charge on any atom is -0.457 e. The van der Waals surface area contributed by atoms with E-state index in [-0.39, 0.29) is 4.34 Å². The van der Waals surface area contributed by atoms with E-state index >= 15 is 0 Å². The van der Waals surface area contributed by atoms with Gasteiger partial charge in [0.05, 0.1) is 11.9 Å². The number of imidazole rings is 1. The Morgan fingerprint density at radius 3 is 2.23 bits per heavy atom. The Labute approximate surface area is 161 Å². The number of hydrogen-bond donors (Lipinski definition) is 1. The maximum Gasteiger partial charge on any atom is 0.267 e. The van der Waals surface area contributed by atoms with Gasteiger partial charge in [-0.05, 0) is 48.5 Å². The SMILES string of the molecule is NS(=O)(=O)c1nn2cc(-c3ccc(Oc4ccc(Br)cc4)cc3)nc2s1. The molecule has 0 aliphatic heterocycles. The summed E-state index contributed by atoms with van der Waals surface area (Å²) in [7, 11) is -3.82. The topological polar surface area (TPSA) is 99.6 Å². The quantitative estimate of drug-likeness (QED) is 0.511. The van der Waals surface area contributed by atoms with E-state index in [0.29, 0.717) is 16.4 Å². The first-order valence-corrected chi connectivity index (χ1v) is 10.5. The minimum atomic E-state index is -3.82. The van der Waals surface area contributed by atoms with Gasteiger partial charge in [-0.2, -0.15) is 0 Å². The number of fused-ring (bicyclic) bond motifs is 1. The number of primary sulfonamides is 1. The minimum absolute atomic E-state index is 0.162. The van der Waals surface area contributed by atoms with Gasteiger partial charge in [0.2, 0.25) is 9.30 Å². The van der Waals surface area contributed by atoms with Crippen molar-refractivity contribution in [1.29, 1.82) is 0 Å². The number of rotatable bonds is 4. The molecule has 4 rings (SSSR count). The molecule has 0 radical (unpaired) electrons. The number of ether oxygens (including phenoxy) is 1. The maximum absolute atomic E-state index is 11.3. The Balaban J connectivity index is 1.57. The molecule has 0 spiro atoms. The summed E-state index contributed by atoms with van der Waals surface area (Å²) in [4.78, 5) is 4.85.